The Bertz CT molecular complexity index is 1630. The van der Waals surface area contributed by atoms with Crippen molar-refractivity contribution in [1.82, 2.24) is 14.7 Å². The molecule has 3 heterocycles. The van der Waals surface area contributed by atoms with Crippen LogP contribution in [0.25, 0.3) is 22.2 Å². The van der Waals surface area contributed by atoms with Crippen LogP contribution >= 0.6 is 0 Å². The number of imidazole rings is 1. The minimum Gasteiger partial charge on any atom is -0.449 e. The van der Waals surface area contributed by atoms with Gasteiger partial charge in [-0.05, 0) is 69.4 Å². The number of aromatic nitrogens is 3. The molecule has 0 N–H and O–H groups in total. The minimum atomic E-state index is -2.47. The zero-order valence-electron chi connectivity index (χ0n) is 24.6. The predicted octanol–water partition coefficient (Wildman–Crippen LogP) is 6.80. The van der Waals surface area contributed by atoms with Gasteiger partial charge in [-0.15, -0.1) is 0 Å². The van der Waals surface area contributed by atoms with E-state index in [9.17, 15) is 13.6 Å². The number of cyclic esters (lactones) is 1. The van der Waals surface area contributed by atoms with Gasteiger partial charge in [0.05, 0.1) is 39.2 Å². The van der Waals surface area contributed by atoms with Crippen molar-refractivity contribution in [2.24, 2.45) is 0 Å². The molecule has 2 aromatic heterocycles. The molecule has 4 aromatic rings. The number of nitrogens with zero attached hydrogens (tertiary/aromatic N) is 4. The molecule has 1 aliphatic carbocycles. The maximum absolute atomic E-state index is 14.3. The van der Waals surface area contributed by atoms with Crippen molar-refractivity contribution in [3.05, 3.63) is 65.3 Å². The summed E-state index contributed by atoms with van der Waals surface area (Å²) in [5.74, 6) is -0.827. The summed E-state index contributed by atoms with van der Waals surface area (Å²) in [4.78, 5) is 19.5. The summed E-state index contributed by atoms with van der Waals surface area (Å²) in [6, 6.07) is 8.53. The number of halogens is 2. The number of aryl methyl sites for hydroxylation is 2. The molecule has 2 fully saturated rings. The highest BCUT2D eigenvalue weighted by Gasteiger charge is 2.38. The fraction of sp³-hybridized carbons (Fsp3) is 0.414. The van der Waals surface area contributed by atoms with Gasteiger partial charge in [0.25, 0.3) is 0 Å². The Balaban J connectivity index is 1.46. The van der Waals surface area contributed by atoms with E-state index in [0.717, 1.165) is 34.5 Å². The lowest BCUT2D eigenvalue weighted by Crippen LogP contribution is -2.42. The average molecular weight is 540 g/mol. The number of anilines is 1. The Morgan fingerprint density at radius 2 is 1.87 bits per heavy atom. The number of amides is 1. The van der Waals surface area contributed by atoms with E-state index in [1.165, 1.54) is 11.0 Å². The number of benzene rings is 2. The van der Waals surface area contributed by atoms with Crippen molar-refractivity contribution in [2.45, 2.75) is 64.1 Å². The van der Waals surface area contributed by atoms with Crippen molar-refractivity contribution < 1.29 is 31.7 Å². The zero-order valence-corrected chi connectivity index (χ0v) is 21.6. The number of carbonyl (C=O) groups is 1. The molecular weight excluding hydrogens is 506 g/mol. The van der Waals surface area contributed by atoms with Gasteiger partial charge in [0.1, 0.15) is 17.6 Å². The highest BCUT2D eigenvalue weighted by Crippen LogP contribution is 2.41. The first-order valence-corrected chi connectivity index (χ1v) is 13.0. The lowest BCUT2D eigenvalue weighted by molar-refractivity contribution is 0.0582. The molecule has 0 unspecified atom stereocenters. The van der Waals surface area contributed by atoms with Gasteiger partial charge < -0.3 is 18.6 Å². The molecule has 0 spiro atoms. The molecule has 2 aromatic carbocycles. The molecule has 2 aliphatic rings. The number of hydrogen-bond donors (Lipinski definition) is 0. The molecule has 0 radical (unpaired) electrons. The van der Waals surface area contributed by atoms with Crippen LogP contribution in [-0.4, -0.2) is 40.5 Å². The molecule has 8 nitrogen and oxygen atoms in total. The first-order valence-electron chi connectivity index (χ1n) is 14.5. The van der Waals surface area contributed by atoms with Gasteiger partial charge in [-0.1, -0.05) is 11.2 Å². The fourth-order valence-corrected chi connectivity index (χ4v) is 5.96. The summed E-state index contributed by atoms with van der Waals surface area (Å²) < 4.78 is 68.6. The highest BCUT2D eigenvalue weighted by molar-refractivity contribution is 5.90. The molecule has 204 valence electrons. The molecule has 6 rings (SSSR count). The molecule has 1 atom stereocenters. The molecular formula is C29H30F2N4O4. The lowest BCUT2D eigenvalue weighted by atomic mass is 9.92. The van der Waals surface area contributed by atoms with E-state index in [-0.39, 0.29) is 24.4 Å². The summed E-state index contributed by atoms with van der Waals surface area (Å²) in [5.41, 5.74) is 4.19. The maximum Gasteiger partial charge on any atom is 0.414 e. The third-order valence-electron chi connectivity index (χ3n) is 7.82. The molecule has 0 bridgehead atoms. The number of carbonyl (C=O) groups excluding carboxylic acids is 1. The van der Waals surface area contributed by atoms with Crippen LogP contribution in [0.1, 0.15) is 65.6 Å². The van der Waals surface area contributed by atoms with Gasteiger partial charge in [0, 0.05) is 31.1 Å². The van der Waals surface area contributed by atoms with Crippen LogP contribution < -0.4 is 4.90 Å². The summed E-state index contributed by atoms with van der Waals surface area (Å²) in [6.45, 7) is 3.85. The Morgan fingerprint density at radius 1 is 1.05 bits per heavy atom. The van der Waals surface area contributed by atoms with Crippen LogP contribution in [0.15, 0.2) is 40.9 Å². The van der Waals surface area contributed by atoms with Gasteiger partial charge in [0.15, 0.2) is 11.6 Å². The van der Waals surface area contributed by atoms with E-state index >= 15 is 0 Å². The standard InChI is InChI=1S/C29H30F2N4O4/c1-16-27(17(2)39-33-16)18-4-11-25-24(14-18)32-28(34(25)19-5-8-21(37-3)9-6-19)26-12-13-38-29(36)35(26)20-7-10-22(30)23(31)15-20/h4,7,10-11,14-15,19,21,26H,5-6,8-9,12-13H2,1-3H3/t19?,21?,26-/m0/s1/i3D3. The Hall–Kier alpha value is -3.79. The van der Waals surface area contributed by atoms with Gasteiger partial charge in [-0.25, -0.2) is 18.6 Å². The summed E-state index contributed by atoms with van der Waals surface area (Å²) in [6.07, 6.45) is 1.66. The van der Waals surface area contributed by atoms with Crippen molar-refractivity contribution in [3.63, 3.8) is 0 Å². The van der Waals surface area contributed by atoms with Crippen LogP contribution in [0.3, 0.4) is 0 Å². The van der Waals surface area contributed by atoms with E-state index in [2.05, 4.69) is 9.72 Å². The van der Waals surface area contributed by atoms with E-state index in [1.807, 2.05) is 32.0 Å². The Labute approximate surface area is 228 Å². The molecule has 1 aliphatic heterocycles. The van der Waals surface area contributed by atoms with Crippen LogP contribution in [0.2, 0.25) is 0 Å². The van der Waals surface area contributed by atoms with E-state index in [0.29, 0.717) is 49.2 Å². The molecule has 39 heavy (non-hydrogen) atoms. The zero-order chi connectivity index (χ0) is 29.8. The second kappa shape index (κ2) is 10.1. The number of ether oxygens (including phenoxy) is 2. The molecule has 10 heteroatoms. The lowest BCUT2D eigenvalue weighted by Gasteiger charge is -2.37. The van der Waals surface area contributed by atoms with Crippen LogP contribution in [0, 0.1) is 25.5 Å². The number of fused-ring (bicyclic) bond motifs is 1. The number of methoxy groups -OCH3 is 1. The van der Waals surface area contributed by atoms with Gasteiger partial charge in [-0.2, -0.15) is 0 Å². The number of hydrogen-bond acceptors (Lipinski definition) is 6. The second-order valence-electron chi connectivity index (χ2n) is 10.2. The summed E-state index contributed by atoms with van der Waals surface area (Å²) in [7, 11) is -2.47. The molecule has 1 amide bonds. The molecule has 1 saturated heterocycles. The Morgan fingerprint density at radius 3 is 2.59 bits per heavy atom. The van der Waals surface area contributed by atoms with E-state index in [1.54, 1.807) is 0 Å². The first kappa shape index (κ1) is 22.1. The van der Waals surface area contributed by atoms with Gasteiger partial charge >= 0.3 is 6.09 Å². The van der Waals surface area contributed by atoms with E-state index < -0.39 is 30.8 Å². The Kier molecular flexibility index (Phi) is 5.70. The van der Waals surface area contributed by atoms with Crippen LogP contribution in [0.5, 0.6) is 0 Å². The quantitative estimate of drug-likeness (QED) is 0.277. The monoisotopic (exact) mass is 539 g/mol. The van der Waals surface area contributed by atoms with Crippen LogP contribution in [0.4, 0.5) is 19.3 Å². The second-order valence-corrected chi connectivity index (χ2v) is 10.2. The molecule has 1 saturated carbocycles. The SMILES string of the molecule is [2H]C([2H])([2H])OC1CCC(n2c([C@@H]3CCOC(=O)N3c3ccc(F)c(F)c3)nc3cc(-c4c(C)noc4C)ccc32)CC1. The van der Waals surface area contributed by atoms with Gasteiger partial charge in [-0.3, -0.25) is 4.90 Å². The van der Waals surface area contributed by atoms with Crippen molar-refractivity contribution >= 4 is 22.8 Å². The average Bonchev–Trinajstić information content (AvgIpc) is 3.48. The van der Waals surface area contributed by atoms with Crippen molar-refractivity contribution in [1.29, 1.82) is 0 Å². The smallest absolute Gasteiger partial charge is 0.414 e. The minimum absolute atomic E-state index is 0.0592. The maximum atomic E-state index is 14.3. The predicted molar refractivity (Wildman–Crippen MR) is 141 cm³/mol. The van der Waals surface area contributed by atoms with E-state index in [4.69, 9.17) is 23.1 Å². The third-order valence-corrected chi connectivity index (χ3v) is 7.82. The largest absolute Gasteiger partial charge is 0.449 e. The normalized spacial score (nSPS) is 23.4. The summed E-state index contributed by atoms with van der Waals surface area (Å²) >= 11 is 0. The topological polar surface area (TPSA) is 82.6 Å². The third kappa shape index (κ3) is 4.46. The van der Waals surface area contributed by atoms with Crippen molar-refractivity contribution in [3.8, 4) is 11.1 Å². The number of rotatable bonds is 5. The highest BCUT2D eigenvalue weighted by atomic mass is 19.2. The van der Waals surface area contributed by atoms with Crippen LogP contribution in [-0.2, 0) is 9.47 Å². The fourth-order valence-electron chi connectivity index (χ4n) is 5.96. The van der Waals surface area contributed by atoms with Gasteiger partial charge in [0.2, 0.25) is 0 Å². The van der Waals surface area contributed by atoms with Crippen molar-refractivity contribution in [2.75, 3.05) is 18.5 Å². The summed E-state index contributed by atoms with van der Waals surface area (Å²) in [5, 5.41) is 4.07. The first-order chi connectivity index (χ1) is 20.0.